The zero-order valence-corrected chi connectivity index (χ0v) is 14.4. The van der Waals surface area contributed by atoms with Gasteiger partial charge in [0.2, 0.25) is 0 Å². The minimum absolute atomic E-state index is 0.140. The minimum atomic E-state index is -1.00. The van der Waals surface area contributed by atoms with Gasteiger partial charge in [-0.15, -0.1) is 0 Å². The quantitative estimate of drug-likeness (QED) is 0.822. The van der Waals surface area contributed by atoms with Crippen LogP contribution in [0.1, 0.15) is 29.3 Å². The summed E-state index contributed by atoms with van der Waals surface area (Å²) < 4.78 is 0. The van der Waals surface area contributed by atoms with Crippen molar-refractivity contribution >= 4 is 29.1 Å². The normalized spacial score (nSPS) is 13.4. The van der Waals surface area contributed by atoms with E-state index in [1.54, 1.807) is 19.1 Å². The molecule has 2 rings (SSSR count). The summed E-state index contributed by atoms with van der Waals surface area (Å²) in [4.78, 5) is 12.2. The van der Waals surface area contributed by atoms with Gasteiger partial charge in [0.05, 0.1) is 16.2 Å². The first-order chi connectivity index (χ1) is 10.9. The second kappa shape index (κ2) is 7.82. The van der Waals surface area contributed by atoms with Gasteiger partial charge in [-0.2, -0.15) is 0 Å². The summed E-state index contributed by atoms with van der Waals surface area (Å²) in [6, 6.07) is 14.6. The summed E-state index contributed by atoms with van der Waals surface area (Å²) in [5.74, 6) is -0.350. The van der Waals surface area contributed by atoms with Crippen LogP contribution in [0.25, 0.3) is 0 Å². The molecule has 0 aliphatic heterocycles. The molecule has 23 heavy (non-hydrogen) atoms. The van der Waals surface area contributed by atoms with Crippen molar-refractivity contribution in [1.29, 1.82) is 0 Å². The summed E-state index contributed by atoms with van der Waals surface area (Å²) in [7, 11) is 0. The van der Waals surface area contributed by atoms with Crippen LogP contribution < -0.4 is 5.32 Å². The molecule has 0 fully saturated rings. The molecule has 2 aromatic rings. The van der Waals surface area contributed by atoms with Crippen LogP contribution >= 0.6 is 23.2 Å². The topological polar surface area (TPSA) is 49.3 Å². The third-order valence-electron chi connectivity index (χ3n) is 3.60. The maximum Gasteiger partial charge on any atom is 0.252 e. The third-order valence-corrected chi connectivity index (χ3v) is 4.16. The van der Waals surface area contributed by atoms with E-state index in [2.05, 4.69) is 5.32 Å². The predicted molar refractivity (Wildman–Crippen MR) is 94.2 cm³/mol. The smallest absolute Gasteiger partial charge is 0.252 e. The molecule has 0 spiro atoms. The molecular formula is C18H19Cl2NO2. The monoisotopic (exact) mass is 351 g/mol. The van der Waals surface area contributed by atoms with Crippen molar-refractivity contribution in [2.24, 2.45) is 0 Å². The number of benzene rings is 2. The Morgan fingerprint density at radius 2 is 1.87 bits per heavy atom. The Bertz CT molecular complexity index is 672. The summed E-state index contributed by atoms with van der Waals surface area (Å²) in [6.07, 6.45) is 1.28. The second-order valence-corrected chi connectivity index (χ2v) is 6.63. The zero-order chi connectivity index (χ0) is 16.9. The number of aliphatic hydroxyl groups is 1. The number of amides is 1. The molecule has 0 aromatic heterocycles. The molecule has 1 atom stereocenters. The Morgan fingerprint density at radius 1 is 1.17 bits per heavy atom. The highest BCUT2D eigenvalue weighted by molar-refractivity contribution is 6.35. The first-order valence-corrected chi connectivity index (χ1v) is 8.12. The van der Waals surface area contributed by atoms with E-state index in [4.69, 9.17) is 23.2 Å². The van der Waals surface area contributed by atoms with Crippen molar-refractivity contribution in [3.8, 4) is 0 Å². The highest BCUT2D eigenvalue weighted by atomic mass is 35.5. The fraction of sp³-hybridized carbons (Fsp3) is 0.278. The number of carbonyl (C=O) groups excluding carboxylic acids is 1. The molecule has 1 unspecified atom stereocenters. The molecule has 0 aliphatic carbocycles. The van der Waals surface area contributed by atoms with Crippen LogP contribution in [0.4, 0.5) is 0 Å². The molecule has 3 nitrogen and oxygen atoms in total. The highest BCUT2D eigenvalue weighted by Gasteiger charge is 2.22. The molecular weight excluding hydrogens is 333 g/mol. The van der Waals surface area contributed by atoms with Crippen LogP contribution in [0.15, 0.2) is 48.5 Å². The Labute approximate surface area is 146 Å². The van der Waals surface area contributed by atoms with Crippen molar-refractivity contribution in [3.05, 3.63) is 69.7 Å². The van der Waals surface area contributed by atoms with E-state index >= 15 is 0 Å². The summed E-state index contributed by atoms with van der Waals surface area (Å²) in [5, 5.41) is 13.9. The van der Waals surface area contributed by atoms with Gasteiger partial charge in [-0.3, -0.25) is 4.79 Å². The lowest BCUT2D eigenvalue weighted by atomic mass is 9.96. The lowest BCUT2D eigenvalue weighted by Gasteiger charge is -2.24. The molecule has 2 aromatic carbocycles. The molecule has 0 aliphatic rings. The van der Waals surface area contributed by atoms with Gasteiger partial charge < -0.3 is 10.4 Å². The van der Waals surface area contributed by atoms with Gasteiger partial charge in [-0.25, -0.2) is 0 Å². The van der Waals surface area contributed by atoms with Crippen molar-refractivity contribution in [3.63, 3.8) is 0 Å². The molecule has 1 amide bonds. The predicted octanol–water partition coefficient (Wildman–Crippen LogP) is 4.11. The lowest BCUT2D eigenvalue weighted by Crippen LogP contribution is -2.41. The van der Waals surface area contributed by atoms with Crippen molar-refractivity contribution < 1.29 is 9.90 Å². The van der Waals surface area contributed by atoms with E-state index in [1.807, 2.05) is 30.3 Å². The second-order valence-electron chi connectivity index (χ2n) is 5.79. The van der Waals surface area contributed by atoms with Gasteiger partial charge in [-0.05, 0) is 43.5 Å². The number of halogens is 2. The molecule has 0 heterocycles. The van der Waals surface area contributed by atoms with E-state index < -0.39 is 5.60 Å². The number of aryl methyl sites for hydroxylation is 1. The fourth-order valence-electron chi connectivity index (χ4n) is 2.18. The molecule has 2 N–H and O–H groups in total. The van der Waals surface area contributed by atoms with Gasteiger partial charge in [-0.1, -0.05) is 53.5 Å². The first kappa shape index (κ1) is 17.8. The van der Waals surface area contributed by atoms with E-state index in [-0.39, 0.29) is 12.5 Å². The van der Waals surface area contributed by atoms with Crippen molar-refractivity contribution in [2.45, 2.75) is 25.4 Å². The molecule has 0 saturated heterocycles. The Kier molecular flexibility index (Phi) is 6.05. The summed E-state index contributed by atoms with van der Waals surface area (Å²) >= 11 is 11.9. The zero-order valence-electron chi connectivity index (χ0n) is 12.9. The van der Waals surface area contributed by atoms with E-state index in [9.17, 15) is 9.90 Å². The maximum atomic E-state index is 12.2. The van der Waals surface area contributed by atoms with E-state index in [1.165, 1.54) is 6.07 Å². The summed E-state index contributed by atoms with van der Waals surface area (Å²) in [5.41, 5.74) is 0.450. The lowest BCUT2D eigenvalue weighted by molar-refractivity contribution is 0.0478. The highest BCUT2D eigenvalue weighted by Crippen LogP contribution is 2.21. The SMILES string of the molecule is CC(O)(CCc1ccccc1)CNC(=O)c1cc(Cl)ccc1Cl. The third kappa shape index (κ3) is 5.54. The van der Waals surface area contributed by atoms with Crippen LogP contribution in [0.2, 0.25) is 10.0 Å². The molecule has 122 valence electrons. The summed E-state index contributed by atoms with van der Waals surface area (Å²) in [6.45, 7) is 1.84. The molecule has 5 heteroatoms. The Morgan fingerprint density at radius 3 is 2.57 bits per heavy atom. The van der Waals surface area contributed by atoms with E-state index in [0.717, 1.165) is 12.0 Å². The number of hydrogen-bond acceptors (Lipinski definition) is 2. The minimum Gasteiger partial charge on any atom is -0.388 e. The average molecular weight is 352 g/mol. The van der Waals surface area contributed by atoms with Gasteiger partial charge in [0.25, 0.3) is 5.91 Å². The Hall–Kier alpha value is -1.55. The molecule has 0 saturated carbocycles. The maximum absolute atomic E-state index is 12.2. The number of hydrogen-bond donors (Lipinski definition) is 2. The number of nitrogens with one attached hydrogen (secondary N) is 1. The number of carbonyl (C=O) groups is 1. The standard InChI is InChI=1S/C18H19Cl2NO2/c1-18(23,10-9-13-5-3-2-4-6-13)12-21-17(22)15-11-14(19)7-8-16(15)20/h2-8,11,23H,9-10,12H2,1H3,(H,21,22). The van der Waals surface area contributed by atoms with Gasteiger partial charge in [0, 0.05) is 11.6 Å². The van der Waals surface area contributed by atoms with Crippen LogP contribution in [0.3, 0.4) is 0 Å². The van der Waals surface area contributed by atoms with Crippen molar-refractivity contribution in [1.82, 2.24) is 5.32 Å². The fourth-order valence-corrected chi connectivity index (χ4v) is 2.56. The van der Waals surface area contributed by atoms with Gasteiger partial charge in [0.1, 0.15) is 0 Å². The number of rotatable bonds is 6. The first-order valence-electron chi connectivity index (χ1n) is 7.37. The van der Waals surface area contributed by atoms with Crippen molar-refractivity contribution in [2.75, 3.05) is 6.54 Å². The largest absolute Gasteiger partial charge is 0.388 e. The molecule has 0 bridgehead atoms. The van der Waals surface area contributed by atoms with E-state index in [0.29, 0.717) is 22.0 Å². The van der Waals surface area contributed by atoms with Gasteiger partial charge in [0.15, 0.2) is 0 Å². The van der Waals surface area contributed by atoms with Crippen LogP contribution in [-0.4, -0.2) is 23.2 Å². The van der Waals surface area contributed by atoms with Gasteiger partial charge >= 0.3 is 0 Å². The Balaban J connectivity index is 1.90. The average Bonchev–Trinajstić information content (AvgIpc) is 2.54. The molecule has 0 radical (unpaired) electrons. The van der Waals surface area contributed by atoms with Crippen LogP contribution in [0, 0.1) is 0 Å². The van der Waals surface area contributed by atoms with Crippen LogP contribution in [0.5, 0.6) is 0 Å². The van der Waals surface area contributed by atoms with Crippen LogP contribution in [-0.2, 0) is 6.42 Å².